The van der Waals surface area contributed by atoms with Gasteiger partial charge in [-0.25, -0.2) is 0 Å². The molecule has 0 saturated heterocycles. The summed E-state index contributed by atoms with van der Waals surface area (Å²) in [6.45, 7) is 11.9. The topological polar surface area (TPSA) is 23.8 Å². The molecule has 0 aromatic rings. The van der Waals surface area contributed by atoms with Gasteiger partial charge in [0.15, 0.2) is 0 Å². The molecule has 72 valence electrons. The molecule has 13 heavy (non-hydrogen) atoms. The van der Waals surface area contributed by atoms with Gasteiger partial charge in [0.2, 0.25) is 0 Å². The number of nitriles is 1. The van der Waals surface area contributed by atoms with E-state index in [-0.39, 0.29) is 5.41 Å². The second-order valence-corrected chi connectivity index (χ2v) is 4.12. The molecule has 0 N–H and O–H groups in total. The van der Waals surface area contributed by atoms with Gasteiger partial charge in [-0.2, -0.15) is 5.26 Å². The first-order valence-corrected chi connectivity index (χ1v) is 4.60. The summed E-state index contributed by atoms with van der Waals surface area (Å²) >= 11 is 0. The van der Waals surface area contributed by atoms with Crippen LogP contribution < -0.4 is 0 Å². The number of hydrogen-bond acceptors (Lipinski definition) is 1. The van der Waals surface area contributed by atoms with Gasteiger partial charge in [-0.15, -0.1) is 6.58 Å². The fraction of sp³-hybridized carbons (Fsp3) is 0.583. The first-order valence-electron chi connectivity index (χ1n) is 4.60. The number of hydrogen-bond donors (Lipinski definition) is 0. The standard InChI is InChI=1S/C12H19N/c1-6-7-12(5,9-13)8-11(4)10(2)3/h6H,1,7-8H2,2-5H3. The SMILES string of the molecule is C=CCC(C)(C#N)CC(C)=C(C)C. The minimum Gasteiger partial charge on any atom is -0.198 e. The van der Waals surface area contributed by atoms with E-state index in [1.54, 1.807) is 0 Å². The van der Waals surface area contributed by atoms with E-state index in [0.717, 1.165) is 12.8 Å². The molecule has 0 saturated carbocycles. The maximum Gasteiger partial charge on any atom is 0.0693 e. The Hall–Kier alpha value is -1.03. The Morgan fingerprint density at radius 1 is 1.46 bits per heavy atom. The molecule has 0 fully saturated rings. The van der Waals surface area contributed by atoms with E-state index in [1.165, 1.54) is 11.1 Å². The molecule has 0 heterocycles. The summed E-state index contributed by atoms with van der Waals surface area (Å²) in [5.41, 5.74) is 2.35. The highest BCUT2D eigenvalue weighted by Crippen LogP contribution is 2.30. The second-order valence-electron chi connectivity index (χ2n) is 4.12. The molecule has 0 aromatic heterocycles. The Labute approximate surface area is 81.8 Å². The van der Waals surface area contributed by atoms with Crippen molar-refractivity contribution in [1.29, 1.82) is 5.26 Å². The average Bonchev–Trinajstić information content (AvgIpc) is 2.04. The van der Waals surface area contributed by atoms with Gasteiger partial charge in [0.05, 0.1) is 11.5 Å². The van der Waals surface area contributed by atoms with Crippen LogP contribution in [0.15, 0.2) is 23.8 Å². The lowest BCUT2D eigenvalue weighted by atomic mass is 9.81. The Morgan fingerprint density at radius 3 is 2.31 bits per heavy atom. The minimum absolute atomic E-state index is 0.275. The molecule has 0 aliphatic heterocycles. The summed E-state index contributed by atoms with van der Waals surface area (Å²) in [4.78, 5) is 0. The number of allylic oxidation sites excluding steroid dienone is 3. The van der Waals surface area contributed by atoms with Gasteiger partial charge in [0.25, 0.3) is 0 Å². The van der Waals surface area contributed by atoms with E-state index < -0.39 is 0 Å². The molecule has 0 rings (SSSR count). The lowest BCUT2D eigenvalue weighted by Gasteiger charge is -2.20. The normalized spacial score (nSPS) is 14.1. The van der Waals surface area contributed by atoms with Gasteiger partial charge >= 0.3 is 0 Å². The van der Waals surface area contributed by atoms with Crippen LogP contribution in [0, 0.1) is 16.7 Å². The van der Waals surface area contributed by atoms with E-state index in [0.29, 0.717) is 0 Å². The Kier molecular flexibility index (Phi) is 4.48. The van der Waals surface area contributed by atoms with Gasteiger partial charge in [0, 0.05) is 0 Å². The van der Waals surface area contributed by atoms with Crippen LogP contribution in [-0.2, 0) is 0 Å². The summed E-state index contributed by atoms with van der Waals surface area (Å²) in [5.74, 6) is 0. The van der Waals surface area contributed by atoms with Crippen LogP contribution in [-0.4, -0.2) is 0 Å². The monoisotopic (exact) mass is 177 g/mol. The predicted molar refractivity (Wildman–Crippen MR) is 57.2 cm³/mol. The summed E-state index contributed by atoms with van der Waals surface area (Å²) in [7, 11) is 0. The van der Waals surface area contributed by atoms with Crippen molar-refractivity contribution in [3.05, 3.63) is 23.8 Å². The molecule has 1 nitrogen and oxygen atoms in total. The molecule has 0 radical (unpaired) electrons. The second kappa shape index (κ2) is 4.87. The van der Waals surface area contributed by atoms with Gasteiger partial charge in [0.1, 0.15) is 0 Å². The molecular weight excluding hydrogens is 158 g/mol. The third-order valence-corrected chi connectivity index (χ3v) is 2.37. The minimum atomic E-state index is -0.275. The Morgan fingerprint density at radius 2 is 2.00 bits per heavy atom. The highest BCUT2D eigenvalue weighted by molar-refractivity contribution is 5.14. The van der Waals surface area contributed by atoms with E-state index in [2.05, 4.69) is 33.4 Å². The lowest BCUT2D eigenvalue weighted by Crippen LogP contribution is -2.13. The first-order chi connectivity index (χ1) is 5.95. The molecular formula is C12H19N. The average molecular weight is 177 g/mol. The van der Waals surface area contributed by atoms with E-state index in [9.17, 15) is 0 Å². The van der Waals surface area contributed by atoms with Crippen LogP contribution in [0.3, 0.4) is 0 Å². The summed E-state index contributed by atoms with van der Waals surface area (Å²) in [6, 6.07) is 2.36. The molecule has 1 atom stereocenters. The van der Waals surface area contributed by atoms with Crippen LogP contribution in [0.2, 0.25) is 0 Å². The van der Waals surface area contributed by atoms with Crippen molar-refractivity contribution in [3.8, 4) is 6.07 Å². The van der Waals surface area contributed by atoms with Crippen molar-refractivity contribution < 1.29 is 0 Å². The highest BCUT2D eigenvalue weighted by Gasteiger charge is 2.22. The van der Waals surface area contributed by atoms with Crippen LogP contribution in [0.4, 0.5) is 0 Å². The highest BCUT2D eigenvalue weighted by atomic mass is 14.3. The van der Waals surface area contributed by atoms with Crippen LogP contribution >= 0.6 is 0 Å². The maximum absolute atomic E-state index is 9.03. The van der Waals surface area contributed by atoms with Gasteiger partial charge in [-0.05, 0) is 40.5 Å². The van der Waals surface area contributed by atoms with Crippen LogP contribution in [0.25, 0.3) is 0 Å². The first kappa shape index (κ1) is 12.0. The Balaban J connectivity index is 4.56. The van der Waals surface area contributed by atoms with E-state index in [4.69, 9.17) is 5.26 Å². The molecule has 0 spiro atoms. The molecule has 0 aliphatic carbocycles. The third-order valence-electron chi connectivity index (χ3n) is 2.37. The van der Waals surface area contributed by atoms with Crippen molar-refractivity contribution >= 4 is 0 Å². The van der Waals surface area contributed by atoms with Crippen molar-refractivity contribution in [3.63, 3.8) is 0 Å². The molecule has 1 heteroatoms. The molecule has 0 amide bonds. The van der Waals surface area contributed by atoms with Crippen LogP contribution in [0.5, 0.6) is 0 Å². The quantitative estimate of drug-likeness (QED) is 0.598. The van der Waals surface area contributed by atoms with Crippen molar-refractivity contribution in [1.82, 2.24) is 0 Å². The number of rotatable bonds is 4. The maximum atomic E-state index is 9.03. The lowest BCUT2D eigenvalue weighted by molar-refractivity contribution is 0.442. The fourth-order valence-corrected chi connectivity index (χ4v) is 1.24. The third kappa shape index (κ3) is 3.94. The smallest absolute Gasteiger partial charge is 0.0693 e. The summed E-state index contributed by atoms with van der Waals surface area (Å²) in [6.07, 6.45) is 3.42. The van der Waals surface area contributed by atoms with E-state index >= 15 is 0 Å². The molecule has 1 unspecified atom stereocenters. The van der Waals surface area contributed by atoms with Crippen molar-refractivity contribution in [2.45, 2.75) is 40.5 Å². The zero-order chi connectivity index (χ0) is 10.5. The van der Waals surface area contributed by atoms with Gasteiger partial charge in [-0.3, -0.25) is 0 Å². The fourth-order valence-electron chi connectivity index (χ4n) is 1.24. The van der Waals surface area contributed by atoms with Gasteiger partial charge in [-0.1, -0.05) is 17.2 Å². The molecule has 0 bridgehead atoms. The summed E-state index contributed by atoms with van der Waals surface area (Å²) < 4.78 is 0. The molecule has 0 aromatic carbocycles. The van der Waals surface area contributed by atoms with Gasteiger partial charge < -0.3 is 0 Å². The zero-order valence-electron chi connectivity index (χ0n) is 9.15. The zero-order valence-corrected chi connectivity index (χ0v) is 9.15. The Bertz CT molecular complexity index is 251. The van der Waals surface area contributed by atoms with Crippen molar-refractivity contribution in [2.75, 3.05) is 0 Å². The molecule has 0 aliphatic rings. The largest absolute Gasteiger partial charge is 0.198 e. The summed E-state index contributed by atoms with van der Waals surface area (Å²) in [5, 5.41) is 9.03. The van der Waals surface area contributed by atoms with E-state index in [1.807, 2.05) is 13.0 Å². The number of nitrogens with zero attached hydrogens (tertiary/aromatic N) is 1. The van der Waals surface area contributed by atoms with Crippen molar-refractivity contribution in [2.24, 2.45) is 5.41 Å². The predicted octanol–water partition coefficient (Wildman–Crippen LogP) is 3.84. The van der Waals surface area contributed by atoms with Crippen LogP contribution in [0.1, 0.15) is 40.5 Å².